The predicted molar refractivity (Wildman–Crippen MR) is 64.4 cm³/mol. The number of rotatable bonds is 4. The first-order chi connectivity index (χ1) is 7.71. The van der Waals surface area contributed by atoms with Crippen LogP contribution < -0.4 is 0 Å². The molecule has 1 unspecified atom stereocenters. The summed E-state index contributed by atoms with van der Waals surface area (Å²) in [5, 5.41) is -0.896. The number of ketones is 1. The first kappa shape index (κ1) is 14.1. The molecule has 3 nitrogen and oxygen atoms in total. The van der Waals surface area contributed by atoms with Gasteiger partial charge in [-0.25, -0.2) is 12.8 Å². The molecule has 94 valence electrons. The topological polar surface area (TPSA) is 51.2 Å². The molecule has 1 atom stereocenters. The number of hydrogen-bond acceptors (Lipinski definition) is 3. The summed E-state index contributed by atoms with van der Waals surface area (Å²) in [5.41, 5.74) is 0.148. The smallest absolute Gasteiger partial charge is 0.157 e. The van der Waals surface area contributed by atoms with E-state index in [-0.39, 0.29) is 17.0 Å². The molecule has 0 spiro atoms. The van der Waals surface area contributed by atoms with Crippen molar-refractivity contribution in [2.45, 2.75) is 18.6 Å². The lowest BCUT2D eigenvalue weighted by molar-refractivity contribution is -0.117. The molecule has 1 aromatic rings. The molecule has 1 rings (SSSR count). The maximum absolute atomic E-state index is 13.4. The monoisotopic (exact) mass is 278 g/mol. The number of benzene rings is 1. The van der Waals surface area contributed by atoms with Crippen LogP contribution in [0.2, 0.25) is 5.02 Å². The van der Waals surface area contributed by atoms with Gasteiger partial charge in [-0.05, 0) is 24.6 Å². The van der Waals surface area contributed by atoms with Crippen LogP contribution in [0.25, 0.3) is 0 Å². The zero-order valence-electron chi connectivity index (χ0n) is 9.41. The fourth-order valence-corrected chi connectivity index (χ4v) is 1.95. The highest BCUT2D eigenvalue weighted by Gasteiger charge is 2.24. The lowest BCUT2D eigenvalue weighted by atomic mass is 10.1. The van der Waals surface area contributed by atoms with E-state index in [9.17, 15) is 17.6 Å². The maximum atomic E-state index is 13.4. The first-order valence-corrected chi connectivity index (χ1v) is 7.20. The Morgan fingerprint density at radius 3 is 2.53 bits per heavy atom. The number of sulfone groups is 1. The molecule has 1 aromatic carbocycles. The van der Waals surface area contributed by atoms with Gasteiger partial charge in [0.05, 0.1) is 0 Å². The Kier molecular flexibility index (Phi) is 4.27. The van der Waals surface area contributed by atoms with Crippen LogP contribution in [0.15, 0.2) is 18.2 Å². The van der Waals surface area contributed by atoms with Gasteiger partial charge in [0.1, 0.15) is 11.1 Å². The molecule has 0 saturated carbocycles. The molecule has 0 radical (unpaired) electrons. The fourth-order valence-electron chi connectivity index (χ4n) is 1.24. The molecule has 0 heterocycles. The van der Waals surface area contributed by atoms with E-state index in [2.05, 4.69) is 0 Å². The third kappa shape index (κ3) is 3.78. The van der Waals surface area contributed by atoms with E-state index in [4.69, 9.17) is 11.6 Å². The van der Waals surface area contributed by atoms with Gasteiger partial charge in [-0.15, -0.1) is 0 Å². The molecule has 0 saturated heterocycles. The van der Waals surface area contributed by atoms with Crippen molar-refractivity contribution in [1.29, 1.82) is 0 Å². The first-order valence-electron chi connectivity index (χ1n) is 4.87. The lowest BCUT2D eigenvalue weighted by Gasteiger charge is -2.08. The highest BCUT2D eigenvalue weighted by atomic mass is 35.5. The fraction of sp³-hybridized carbons (Fsp3) is 0.364. The van der Waals surface area contributed by atoms with Crippen molar-refractivity contribution in [3.05, 3.63) is 34.6 Å². The third-order valence-corrected chi connectivity index (χ3v) is 4.26. The Balaban J connectivity index is 2.89. The normalized spacial score (nSPS) is 13.4. The number of carbonyl (C=O) groups excluding carboxylic acids is 1. The van der Waals surface area contributed by atoms with E-state index in [0.29, 0.717) is 0 Å². The number of halogens is 2. The Bertz CT molecular complexity index is 540. The molecule has 0 fully saturated rings. The predicted octanol–water partition coefficient (Wildman–Crippen LogP) is 2.02. The average Bonchev–Trinajstić information content (AvgIpc) is 2.19. The molecule has 0 aliphatic heterocycles. The van der Waals surface area contributed by atoms with Crippen LogP contribution in [0.3, 0.4) is 0 Å². The van der Waals surface area contributed by atoms with Gasteiger partial charge >= 0.3 is 0 Å². The van der Waals surface area contributed by atoms with Gasteiger partial charge in [-0.1, -0.05) is 17.7 Å². The van der Waals surface area contributed by atoms with Crippen LogP contribution in [0, 0.1) is 5.82 Å². The van der Waals surface area contributed by atoms with E-state index in [1.807, 2.05) is 0 Å². The second-order valence-corrected chi connectivity index (χ2v) is 6.65. The van der Waals surface area contributed by atoms with Crippen molar-refractivity contribution in [2.24, 2.45) is 0 Å². The minimum absolute atomic E-state index is 0.148. The van der Waals surface area contributed by atoms with Crippen LogP contribution in [-0.4, -0.2) is 25.7 Å². The highest BCUT2D eigenvalue weighted by molar-refractivity contribution is 7.92. The van der Waals surface area contributed by atoms with Crippen LogP contribution >= 0.6 is 11.6 Å². The minimum Gasteiger partial charge on any atom is -0.298 e. The van der Waals surface area contributed by atoms with Crippen molar-refractivity contribution in [3.63, 3.8) is 0 Å². The summed E-state index contributed by atoms with van der Waals surface area (Å²) < 4.78 is 35.7. The molecule has 0 bridgehead atoms. The van der Waals surface area contributed by atoms with Crippen molar-refractivity contribution >= 4 is 27.2 Å². The summed E-state index contributed by atoms with van der Waals surface area (Å²) in [6.07, 6.45) is 0.727. The Hall–Kier alpha value is -0.940. The van der Waals surface area contributed by atoms with Gasteiger partial charge in [0, 0.05) is 17.7 Å². The van der Waals surface area contributed by atoms with E-state index in [0.717, 1.165) is 12.3 Å². The molecular formula is C11H12ClFO3S. The zero-order valence-corrected chi connectivity index (χ0v) is 11.0. The Morgan fingerprint density at radius 2 is 2.06 bits per heavy atom. The minimum atomic E-state index is -3.44. The van der Waals surface area contributed by atoms with Crippen LogP contribution in [0.4, 0.5) is 4.39 Å². The number of Topliss-reactive ketones (excluding diaryl/α,β-unsaturated/α-hetero) is 1. The van der Waals surface area contributed by atoms with Gasteiger partial charge in [-0.3, -0.25) is 4.79 Å². The molecule has 0 aliphatic carbocycles. The summed E-state index contributed by atoms with van der Waals surface area (Å²) in [6, 6.07) is 3.93. The molecule has 0 aliphatic rings. The van der Waals surface area contributed by atoms with E-state index >= 15 is 0 Å². The summed E-state index contributed by atoms with van der Waals surface area (Å²) >= 11 is 5.57. The SMILES string of the molecule is CC(C(=O)Cc1ccc(Cl)cc1F)S(C)(=O)=O. The second-order valence-electron chi connectivity index (χ2n) is 3.85. The molecular weight excluding hydrogens is 267 g/mol. The quantitative estimate of drug-likeness (QED) is 0.847. The molecule has 17 heavy (non-hydrogen) atoms. The van der Waals surface area contributed by atoms with E-state index < -0.39 is 26.7 Å². The van der Waals surface area contributed by atoms with Crippen LogP contribution in [0.1, 0.15) is 12.5 Å². The summed E-state index contributed by atoms with van der Waals surface area (Å²) in [4.78, 5) is 11.6. The van der Waals surface area contributed by atoms with Gasteiger partial charge in [0.25, 0.3) is 0 Å². The summed E-state index contributed by atoms with van der Waals surface area (Å²) in [7, 11) is -3.44. The standard InChI is InChI=1S/C11H12ClFO3S/c1-7(17(2,15)16)11(14)5-8-3-4-9(12)6-10(8)13/h3-4,6-7H,5H2,1-2H3. The maximum Gasteiger partial charge on any atom is 0.157 e. The van der Waals surface area contributed by atoms with Crippen molar-refractivity contribution in [1.82, 2.24) is 0 Å². The van der Waals surface area contributed by atoms with Crippen molar-refractivity contribution in [2.75, 3.05) is 6.26 Å². The Labute approximate surface area is 105 Å². The van der Waals surface area contributed by atoms with Gasteiger partial charge in [0.15, 0.2) is 15.6 Å². The van der Waals surface area contributed by atoms with E-state index in [1.165, 1.54) is 19.1 Å². The molecule has 6 heteroatoms. The third-order valence-electron chi connectivity index (χ3n) is 2.48. The Morgan fingerprint density at radius 1 is 1.47 bits per heavy atom. The molecule has 0 aromatic heterocycles. The number of carbonyl (C=O) groups is 1. The van der Waals surface area contributed by atoms with Crippen LogP contribution in [-0.2, 0) is 21.1 Å². The van der Waals surface area contributed by atoms with Crippen molar-refractivity contribution in [3.8, 4) is 0 Å². The van der Waals surface area contributed by atoms with Gasteiger partial charge < -0.3 is 0 Å². The van der Waals surface area contributed by atoms with Gasteiger partial charge in [0.2, 0.25) is 0 Å². The largest absolute Gasteiger partial charge is 0.298 e. The second kappa shape index (κ2) is 5.14. The number of hydrogen-bond donors (Lipinski definition) is 0. The van der Waals surface area contributed by atoms with Crippen molar-refractivity contribution < 1.29 is 17.6 Å². The zero-order chi connectivity index (χ0) is 13.2. The van der Waals surface area contributed by atoms with E-state index in [1.54, 1.807) is 0 Å². The van der Waals surface area contributed by atoms with Gasteiger partial charge in [-0.2, -0.15) is 0 Å². The summed E-state index contributed by atoms with van der Waals surface area (Å²) in [6.45, 7) is 1.30. The average molecular weight is 279 g/mol. The van der Waals surface area contributed by atoms with Crippen LogP contribution in [0.5, 0.6) is 0 Å². The molecule has 0 amide bonds. The highest BCUT2D eigenvalue weighted by Crippen LogP contribution is 2.16. The summed E-state index contributed by atoms with van der Waals surface area (Å²) in [5.74, 6) is -1.14. The lowest BCUT2D eigenvalue weighted by Crippen LogP contribution is -2.27. The molecule has 0 N–H and O–H groups in total.